The number of amides is 2. The summed E-state index contributed by atoms with van der Waals surface area (Å²) in [7, 11) is 0. The second-order valence-electron chi connectivity index (χ2n) is 4.40. The van der Waals surface area contributed by atoms with Gasteiger partial charge in [-0.2, -0.15) is 0 Å². The van der Waals surface area contributed by atoms with Crippen LogP contribution in [0.3, 0.4) is 0 Å². The number of aromatic nitrogens is 1. The van der Waals surface area contributed by atoms with Gasteiger partial charge >= 0.3 is 6.03 Å². The van der Waals surface area contributed by atoms with Crippen molar-refractivity contribution in [2.24, 2.45) is 5.92 Å². The highest BCUT2D eigenvalue weighted by Gasteiger charge is 2.25. The Kier molecular flexibility index (Phi) is 3.58. The number of hydrogen-bond acceptors (Lipinski definition) is 3. The molecule has 92 valence electrons. The van der Waals surface area contributed by atoms with Gasteiger partial charge in [0.1, 0.15) is 0 Å². The van der Waals surface area contributed by atoms with Crippen molar-refractivity contribution in [2.45, 2.75) is 13.3 Å². The van der Waals surface area contributed by atoms with Gasteiger partial charge in [-0.15, -0.1) is 0 Å². The van der Waals surface area contributed by atoms with Crippen LogP contribution in [-0.2, 0) is 0 Å². The van der Waals surface area contributed by atoms with Gasteiger partial charge in [0.2, 0.25) is 0 Å². The minimum atomic E-state index is -0.105. The van der Waals surface area contributed by atoms with E-state index in [-0.39, 0.29) is 18.6 Å². The Labute approximate surface area is 100 Å². The molecule has 1 aliphatic heterocycles. The number of nitrogens with one attached hydrogen (secondary N) is 1. The van der Waals surface area contributed by atoms with E-state index in [9.17, 15) is 4.79 Å². The molecule has 0 radical (unpaired) electrons. The fraction of sp³-hybridized carbons (Fsp3) is 0.500. The zero-order valence-corrected chi connectivity index (χ0v) is 9.89. The number of aryl methyl sites for hydroxylation is 1. The smallest absolute Gasteiger partial charge is 0.321 e. The molecule has 2 N–H and O–H groups in total. The van der Waals surface area contributed by atoms with E-state index in [4.69, 9.17) is 5.11 Å². The highest BCUT2D eigenvalue weighted by molar-refractivity contribution is 5.89. The van der Waals surface area contributed by atoms with Crippen LogP contribution in [0.1, 0.15) is 12.1 Å². The number of pyridine rings is 1. The third kappa shape index (κ3) is 2.94. The van der Waals surface area contributed by atoms with Gasteiger partial charge in [-0.25, -0.2) is 4.79 Å². The summed E-state index contributed by atoms with van der Waals surface area (Å²) in [5, 5.41) is 11.9. The minimum Gasteiger partial charge on any atom is -0.396 e. The molecular weight excluding hydrogens is 218 g/mol. The Morgan fingerprint density at radius 3 is 3.18 bits per heavy atom. The van der Waals surface area contributed by atoms with E-state index in [1.165, 1.54) is 0 Å². The lowest BCUT2D eigenvalue weighted by atomic mass is 10.1. The van der Waals surface area contributed by atoms with Crippen LogP contribution in [-0.4, -0.2) is 40.7 Å². The fourth-order valence-corrected chi connectivity index (χ4v) is 1.99. The summed E-state index contributed by atoms with van der Waals surface area (Å²) < 4.78 is 0. The molecule has 0 aliphatic carbocycles. The van der Waals surface area contributed by atoms with Gasteiger partial charge in [0, 0.05) is 43.2 Å². The lowest BCUT2D eigenvalue weighted by molar-refractivity contribution is 0.209. The number of urea groups is 1. The number of aliphatic hydroxyl groups is 1. The van der Waals surface area contributed by atoms with Gasteiger partial charge in [0.25, 0.3) is 0 Å². The van der Waals surface area contributed by atoms with Crippen molar-refractivity contribution in [2.75, 3.05) is 25.0 Å². The molecule has 0 aromatic carbocycles. The van der Waals surface area contributed by atoms with Crippen molar-refractivity contribution in [1.29, 1.82) is 0 Å². The summed E-state index contributed by atoms with van der Waals surface area (Å²) in [6.07, 6.45) is 2.55. The van der Waals surface area contributed by atoms with Gasteiger partial charge < -0.3 is 15.3 Å². The van der Waals surface area contributed by atoms with Crippen LogP contribution in [0.2, 0.25) is 0 Å². The normalized spacial score (nSPS) is 19.4. The first kappa shape index (κ1) is 11.9. The van der Waals surface area contributed by atoms with Crippen molar-refractivity contribution in [3.63, 3.8) is 0 Å². The first-order valence-corrected chi connectivity index (χ1v) is 5.78. The van der Waals surface area contributed by atoms with E-state index in [1.807, 2.05) is 13.0 Å². The number of anilines is 1. The molecule has 1 aromatic rings. The maximum absolute atomic E-state index is 11.9. The summed E-state index contributed by atoms with van der Waals surface area (Å²) in [5.41, 5.74) is 1.63. The number of likely N-dealkylation sites (tertiary alicyclic amines) is 1. The number of rotatable bonds is 2. The summed E-state index contributed by atoms with van der Waals surface area (Å²) in [6.45, 7) is 3.37. The molecule has 1 fully saturated rings. The highest BCUT2D eigenvalue weighted by atomic mass is 16.3. The van der Waals surface area contributed by atoms with Gasteiger partial charge in [0.15, 0.2) is 0 Å². The van der Waals surface area contributed by atoms with Crippen molar-refractivity contribution in [3.05, 3.63) is 24.0 Å². The van der Waals surface area contributed by atoms with Crippen LogP contribution in [0, 0.1) is 12.8 Å². The van der Waals surface area contributed by atoms with Gasteiger partial charge in [-0.05, 0) is 25.5 Å². The average Bonchev–Trinajstić information content (AvgIpc) is 2.77. The number of carbonyl (C=O) groups excluding carboxylic acids is 1. The Morgan fingerprint density at radius 1 is 1.71 bits per heavy atom. The second kappa shape index (κ2) is 5.14. The maximum Gasteiger partial charge on any atom is 0.321 e. The van der Waals surface area contributed by atoms with E-state index in [0.29, 0.717) is 13.1 Å². The third-order valence-corrected chi connectivity index (χ3v) is 2.98. The van der Waals surface area contributed by atoms with E-state index in [0.717, 1.165) is 17.8 Å². The number of aliphatic hydroxyl groups excluding tert-OH is 1. The first-order valence-electron chi connectivity index (χ1n) is 5.78. The molecule has 1 aliphatic rings. The summed E-state index contributed by atoms with van der Waals surface area (Å²) in [5.74, 6) is 0.222. The second-order valence-corrected chi connectivity index (χ2v) is 4.40. The minimum absolute atomic E-state index is 0.105. The molecule has 1 saturated heterocycles. The lowest BCUT2D eigenvalue weighted by Crippen LogP contribution is -2.33. The lowest BCUT2D eigenvalue weighted by Gasteiger charge is -2.17. The predicted octanol–water partition coefficient (Wildman–Crippen LogP) is 1.24. The maximum atomic E-state index is 11.9. The number of nitrogens with zero attached hydrogens (tertiary/aromatic N) is 2. The molecule has 5 heteroatoms. The van der Waals surface area contributed by atoms with Crippen LogP contribution in [0.25, 0.3) is 0 Å². The Balaban J connectivity index is 1.93. The molecule has 0 saturated carbocycles. The standard InChI is InChI=1S/C12H17N3O2/c1-9-6-11(2-4-13-9)14-12(17)15-5-3-10(7-15)8-16/h2,4,6,10,16H,3,5,7-8H2,1H3,(H,13,14,17). The van der Waals surface area contributed by atoms with E-state index < -0.39 is 0 Å². The van der Waals surface area contributed by atoms with Crippen molar-refractivity contribution >= 4 is 11.7 Å². The van der Waals surface area contributed by atoms with Crippen LogP contribution in [0.5, 0.6) is 0 Å². The van der Waals surface area contributed by atoms with Crippen LogP contribution in [0.15, 0.2) is 18.3 Å². The van der Waals surface area contributed by atoms with Crippen LogP contribution in [0.4, 0.5) is 10.5 Å². The van der Waals surface area contributed by atoms with E-state index in [1.54, 1.807) is 17.2 Å². The van der Waals surface area contributed by atoms with E-state index in [2.05, 4.69) is 10.3 Å². The zero-order valence-electron chi connectivity index (χ0n) is 9.89. The molecule has 1 aromatic heterocycles. The Morgan fingerprint density at radius 2 is 2.53 bits per heavy atom. The number of carbonyl (C=O) groups is 1. The Hall–Kier alpha value is -1.62. The number of hydrogen-bond donors (Lipinski definition) is 2. The monoisotopic (exact) mass is 235 g/mol. The van der Waals surface area contributed by atoms with Crippen molar-refractivity contribution < 1.29 is 9.90 Å². The molecule has 1 unspecified atom stereocenters. The molecule has 0 bridgehead atoms. The van der Waals surface area contributed by atoms with E-state index >= 15 is 0 Å². The average molecular weight is 235 g/mol. The summed E-state index contributed by atoms with van der Waals surface area (Å²) >= 11 is 0. The molecule has 17 heavy (non-hydrogen) atoms. The molecule has 1 atom stereocenters. The van der Waals surface area contributed by atoms with Crippen molar-refractivity contribution in [1.82, 2.24) is 9.88 Å². The third-order valence-electron chi connectivity index (χ3n) is 2.98. The quantitative estimate of drug-likeness (QED) is 0.810. The molecule has 2 amide bonds. The molecular formula is C12H17N3O2. The molecule has 2 heterocycles. The molecule has 2 rings (SSSR count). The van der Waals surface area contributed by atoms with Crippen molar-refractivity contribution in [3.8, 4) is 0 Å². The zero-order chi connectivity index (χ0) is 12.3. The van der Waals surface area contributed by atoms with Gasteiger partial charge in [-0.3, -0.25) is 4.98 Å². The van der Waals surface area contributed by atoms with Gasteiger partial charge in [0.05, 0.1) is 0 Å². The first-order chi connectivity index (χ1) is 8.19. The molecule has 0 spiro atoms. The summed E-state index contributed by atoms with van der Waals surface area (Å²) in [6, 6.07) is 3.49. The summed E-state index contributed by atoms with van der Waals surface area (Å²) in [4.78, 5) is 17.7. The molecule has 5 nitrogen and oxygen atoms in total. The van der Waals surface area contributed by atoms with Gasteiger partial charge in [-0.1, -0.05) is 0 Å². The van der Waals surface area contributed by atoms with Crippen LogP contribution >= 0.6 is 0 Å². The Bertz CT molecular complexity index is 408. The van der Waals surface area contributed by atoms with Crippen LogP contribution < -0.4 is 5.32 Å². The fourth-order valence-electron chi connectivity index (χ4n) is 1.99. The SMILES string of the molecule is Cc1cc(NC(=O)N2CCC(CO)C2)ccn1. The topological polar surface area (TPSA) is 65.5 Å². The largest absolute Gasteiger partial charge is 0.396 e. The predicted molar refractivity (Wildman–Crippen MR) is 64.8 cm³/mol. The highest BCUT2D eigenvalue weighted by Crippen LogP contribution is 2.17.